The third-order valence-electron chi connectivity index (χ3n) is 3.05. The fourth-order valence-corrected chi connectivity index (χ4v) is 2.12. The van der Waals surface area contributed by atoms with Gasteiger partial charge in [-0.2, -0.15) is 0 Å². The van der Waals surface area contributed by atoms with Crippen LogP contribution >= 0.6 is 0 Å². The maximum Gasteiger partial charge on any atom is 0.129 e. The Morgan fingerprint density at radius 2 is 2.13 bits per heavy atom. The van der Waals surface area contributed by atoms with E-state index in [9.17, 15) is 8.78 Å². The summed E-state index contributed by atoms with van der Waals surface area (Å²) in [7, 11) is 0. The highest BCUT2D eigenvalue weighted by Crippen LogP contribution is 2.27. The molecule has 0 radical (unpaired) electrons. The molecular weight excluding hydrogens is 196 g/mol. The molecule has 0 aliphatic carbocycles. The van der Waals surface area contributed by atoms with Crippen LogP contribution in [-0.2, 0) is 6.42 Å². The van der Waals surface area contributed by atoms with Crippen molar-refractivity contribution in [3.63, 3.8) is 0 Å². The van der Waals surface area contributed by atoms with Gasteiger partial charge in [-0.05, 0) is 36.6 Å². The highest BCUT2D eigenvalue weighted by molar-refractivity contribution is 5.30. The standard InChI is InChI=1S/C12H15F2N/c1-2-8-5-10(9-3-4-15-7-9)12(14)6-11(8)13/h5-6,9,15H,2-4,7H2,1H3. The molecule has 1 saturated heterocycles. The van der Waals surface area contributed by atoms with Crippen LogP contribution in [0.3, 0.4) is 0 Å². The van der Waals surface area contributed by atoms with Crippen molar-refractivity contribution in [1.82, 2.24) is 5.32 Å². The van der Waals surface area contributed by atoms with Crippen LogP contribution in [0, 0.1) is 11.6 Å². The molecule has 15 heavy (non-hydrogen) atoms. The van der Waals surface area contributed by atoms with Crippen LogP contribution in [0.5, 0.6) is 0 Å². The Morgan fingerprint density at radius 3 is 2.73 bits per heavy atom. The number of hydrogen-bond donors (Lipinski definition) is 1. The van der Waals surface area contributed by atoms with Gasteiger partial charge in [0.25, 0.3) is 0 Å². The van der Waals surface area contributed by atoms with E-state index in [0.717, 1.165) is 25.6 Å². The Morgan fingerprint density at radius 1 is 1.33 bits per heavy atom. The fourth-order valence-electron chi connectivity index (χ4n) is 2.12. The molecule has 1 N–H and O–H groups in total. The molecule has 1 nitrogen and oxygen atoms in total. The summed E-state index contributed by atoms with van der Waals surface area (Å²) >= 11 is 0. The van der Waals surface area contributed by atoms with Crippen LogP contribution in [0.1, 0.15) is 30.4 Å². The van der Waals surface area contributed by atoms with E-state index in [-0.39, 0.29) is 5.92 Å². The Hall–Kier alpha value is -0.960. The van der Waals surface area contributed by atoms with Gasteiger partial charge in [-0.25, -0.2) is 8.78 Å². The summed E-state index contributed by atoms with van der Waals surface area (Å²) in [6.45, 7) is 3.60. The number of hydrogen-bond acceptors (Lipinski definition) is 1. The van der Waals surface area contributed by atoms with Gasteiger partial charge >= 0.3 is 0 Å². The molecule has 1 aliphatic heterocycles. The van der Waals surface area contributed by atoms with Gasteiger partial charge in [0.15, 0.2) is 0 Å². The average Bonchev–Trinajstić information content (AvgIpc) is 2.71. The highest BCUT2D eigenvalue weighted by Gasteiger charge is 2.21. The van der Waals surface area contributed by atoms with Crippen molar-refractivity contribution < 1.29 is 8.78 Å². The van der Waals surface area contributed by atoms with Gasteiger partial charge in [-0.3, -0.25) is 0 Å². The van der Waals surface area contributed by atoms with E-state index in [0.29, 0.717) is 17.5 Å². The molecule has 1 aromatic carbocycles. The van der Waals surface area contributed by atoms with E-state index in [1.165, 1.54) is 0 Å². The molecule has 0 bridgehead atoms. The molecule has 1 aliphatic rings. The lowest BCUT2D eigenvalue weighted by molar-refractivity contribution is 0.551. The van der Waals surface area contributed by atoms with Crippen LogP contribution in [0.4, 0.5) is 8.78 Å². The summed E-state index contributed by atoms with van der Waals surface area (Å²) in [5.74, 6) is -0.626. The average molecular weight is 211 g/mol. The molecule has 0 spiro atoms. The van der Waals surface area contributed by atoms with Gasteiger partial charge < -0.3 is 5.32 Å². The summed E-state index contributed by atoms with van der Waals surface area (Å²) in [5.41, 5.74) is 1.27. The second-order valence-electron chi connectivity index (χ2n) is 4.01. The molecule has 1 fully saturated rings. The van der Waals surface area contributed by atoms with E-state index in [4.69, 9.17) is 0 Å². The van der Waals surface area contributed by atoms with Crippen LogP contribution in [0.2, 0.25) is 0 Å². The van der Waals surface area contributed by atoms with E-state index >= 15 is 0 Å². The molecule has 3 heteroatoms. The third kappa shape index (κ3) is 2.02. The van der Waals surface area contributed by atoms with E-state index in [1.807, 2.05) is 6.92 Å². The minimum atomic E-state index is -0.426. The van der Waals surface area contributed by atoms with E-state index < -0.39 is 11.6 Å². The number of halogens is 2. The van der Waals surface area contributed by atoms with Gasteiger partial charge in [0.1, 0.15) is 11.6 Å². The molecule has 1 atom stereocenters. The molecular formula is C12H15F2N. The van der Waals surface area contributed by atoms with Gasteiger partial charge in [0.2, 0.25) is 0 Å². The van der Waals surface area contributed by atoms with Crippen LogP contribution in [0.25, 0.3) is 0 Å². The quantitative estimate of drug-likeness (QED) is 0.792. The molecule has 2 rings (SSSR count). The zero-order valence-electron chi connectivity index (χ0n) is 8.82. The van der Waals surface area contributed by atoms with Gasteiger partial charge in [-0.15, -0.1) is 0 Å². The molecule has 1 unspecified atom stereocenters. The molecule has 0 saturated carbocycles. The normalized spacial score (nSPS) is 20.9. The number of benzene rings is 1. The minimum absolute atomic E-state index is 0.205. The first-order valence-corrected chi connectivity index (χ1v) is 5.41. The first-order valence-electron chi connectivity index (χ1n) is 5.41. The lowest BCUT2D eigenvalue weighted by Crippen LogP contribution is -2.09. The summed E-state index contributed by atoms with van der Waals surface area (Å²) in [6, 6.07) is 2.70. The first-order chi connectivity index (χ1) is 7.22. The molecule has 82 valence electrons. The number of aryl methyl sites for hydroxylation is 1. The number of nitrogens with one attached hydrogen (secondary N) is 1. The maximum atomic E-state index is 13.6. The maximum absolute atomic E-state index is 13.6. The molecule has 0 aromatic heterocycles. The zero-order chi connectivity index (χ0) is 10.8. The van der Waals surface area contributed by atoms with Crippen molar-refractivity contribution >= 4 is 0 Å². The second-order valence-corrected chi connectivity index (χ2v) is 4.01. The van der Waals surface area contributed by atoms with Crippen molar-refractivity contribution in [2.45, 2.75) is 25.7 Å². The predicted octanol–water partition coefficient (Wildman–Crippen LogP) is 2.60. The molecule has 1 heterocycles. The third-order valence-corrected chi connectivity index (χ3v) is 3.05. The van der Waals surface area contributed by atoms with Gasteiger partial charge in [-0.1, -0.05) is 6.92 Å². The summed E-state index contributed by atoms with van der Waals surface area (Å²) in [6.07, 6.45) is 1.55. The Labute approximate surface area is 88.5 Å². The molecule has 0 amide bonds. The summed E-state index contributed by atoms with van der Waals surface area (Å²) in [5, 5.41) is 3.19. The first kappa shape index (κ1) is 10.6. The monoisotopic (exact) mass is 211 g/mol. The van der Waals surface area contributed by atoms with Gasteiger partial charge in [0.05, 0.1) is 0 Å². The van der Waals surface area contributed by atoms with Crippen molar-refractivity contribution in [1.29, 1.82) is 0 Å². The van der Waals surface area contributed by atoms with Crippen LogP contribution < -0.4 is 5.32 Å². The largest absolute Gasteiger partial charge is 0.316 e. The zero-order valence-corrected chi connectivity index (χ0v) is 8.82. The summed E-state index contributed by atoms with van der Waals surface area (Å²) < 4.78 is 26.8. The Kier molecular flexibility index (Phi) is 3.00. The smallest absolute Gasteiger partial charge is 0.129 e. The van der Waals surface area contributed by atoms with E-state index in [2.05, 4.69) is 5.32 Å². The second kappa shape index (κ2) is 4.27. The van der Waals surface area contributed by atoms with Crippen molar-refractivity contribution in [3.8, 4) is 0 Å². The van der Waals surface area contributed by atoms with Gasteiger partial charge in [0, 0.05) is 18.5 Å². The van der Waals surface area contributed by atoms with Crippen molar-refractivity contribution in [2.24, 2.45) is 0 Å². The van der Waals surface area contributed by atoms with Crippen LogP contribution in [0.15, 0.2) is 12.1 Å². The summed E-state index contributed by atoms with van der Waals surface area (Å²) in [4.78, 5) is 0. The lowest BCUT2D eigenvalue weighted by atomic mass is 9.95. The SMILES string of the molecule is CCc1cc(C2CCNC2)c(F)cc1F. The topological polar surface area (TPSA) is 12.0 Å². The highest BCUT2D eigenvalue weighted by atomic mass is 19.1. The number of rotatable bonds is 2. The van der Waals surface area contributed by atoms with Crippen molar-refractivity contribution in [2.75, 3.05) is 13.1 Å². The Balaban J connectivity index is 2.37. The minimum Gasteiger partial charge on any atom is -0.316 e. The van der Waals surface area contributed by atoms with Crippen molar-refractivity contribution in [3.05, 3.63) is 34.9 Å². The predicted molar refractivity (Wildman–Crippen MR) is 56.0 cm³/mol. The fraction of sp³-hybridized carbons (Fsp3) is 0.500. The lowest BCUT2D eigenvalue weighted by Gasteiger charge is -2.12. The van der Waals surface area contributed by atoms with E-state index in [1.54, 1.807) is 6.07 Å². The Bertz CT molecular complexity index is 357. The van der Waals surface area contributed by atoms with Crippen LogP contribution in [-0.4, -0.2) is 13.1 Å². The molecule has 1 aromatic rings.